The number of carbonyl (C=O) groups excluding carboxylic acids is 4. The summed E-state index contributed by atoms with van der Waals surface area (Å²) in [6, 6.07) is 6.70. The second-order valence-electron chi connectivity index (χ2n) is 5.42. The number of ether oxygens (including phenoxy) is 1. The molecule has 2 aliphatic heterocycles. The molecule has 1 unspecified atom stereocenters. The van der Waals surface area contributed by atoms with Crippen LogP contribution in [0.15, 0.2) is 35.9 Å². The van der Waals surface area contributed by atoms with Crippen molar-refractivity contribution in [2.75, 3.05) is 19.0 Å². The van der Waals surface area contributed by atoms with E-state index in [1.165, 1.54) is 19.0 Å². The molecule has 118 valence electrons. The van der Waals surface area contributed by atoms with Gasteiger partial charge < -0.3 is 9.64 Å². The Kier molecular flexibility index (Phi) is 3.10. The second-order valence-corrected chi connectivity index (χ2v) is 5.42. The summed E-state index contributed by atoms with van der Waals surface area (Å²) < 4.78 is 5.36. The Labute approximate surface area is 132 Å². The number of imide groups is 1. The van der Waals surface area contributed by atoms with Gasteiger partial charge in [0.15, 0.2) is 0 Å². The van der Waals surface area contributed by atoms with Crippen molar-refractivity contribution in [2.45, 2.75) is 12.5 Å². The molecule has 0 aromatic heterocycles. The number of anilines is 1. The first-order valence-electron chi connectivity index (χ1n) is 6.92. The van der Waals surface area contributed by atoms with Gasteiger partial charge in [-0.25, -0.2) is 0 Å². The van der Waals surface area contributed by atoms with E-state index in [-0.39, 0.29) is 5.57 Å². The van der Waals surface area contributed by atoms with Gasteiger partial charge in [0.2, 0.25) is 5.60 Å². The normalized spacial score (nSPS) is 23.3. The van der Waals surface area contributed by atoms with Crippen molar-refractivity contribution in [3.63, 3.8) is 0 Å². The number of fused-ring (bicyclic) bond motifs is 1. The minimum Gasteiger partial charge on any atom is -0.439 e. The Morgan fingerprint density at radius 1 is 1.09 bits per heavy atom. The van der Waals surface area contributed by atoms with Gasteiger partial charge in [0.25, 0.3) is 17.7 Å². The van der Waals surface area contributed by atoms with Crippen molar-refractivity contribution in [1.29, 1.82) is 0 Å². The van der Waals surface area contributed by atoms with Gasteiger partial charge in [0, 0.05) is 32.7 Å². The van der Waals surface area contributed by atoms with E-state index < -0.39 is 29.3 Å². The molecule has 7 heteroatoms. The van der Waals surface area contributed by atoms with Crippen LogP contribution >= 0.6 is 0 Å². The molecule has 0 fully saturated rings. The van der Waals surface area contributed by atoms with Gasteiger partial charge in [-0.15, -0.1) is 0 Å². The smallest absolute Gasteiger partial charge is 0.304 e. The van der Waals surface area contributed by atoms with E-state index in [2.05, 4.69) is 0 Å². The van der Waals surface area contributed by atoms with Crippen LogP contribution < -0.4 is 4.90 Å². The molecular weight excluding hydrogens is 300 g/mol. The summed E-state index contributed by atoms with van der Waals surface area (Å²) in [7, 11) is 2.84. The lowest BCUT2D eigenvalue weighted by atomic mass is 9.86. The molecule has 7 nitrogen and oxygen atoms in total. The molecule has 0 saturated heterocycles. The Bertz CT molecular complexity index is 797. The predicted molar refractivity (Wildman–Crippen MR) is 79.2 cm³/mol. The molecule has 1 aromatic carbocycles. The molecule has 0 aliphatic carbocycles. The summed E-state index contributed by atoms with van der Waals surface area (Å²) in [5.41, 5.74) is -1.18. The number of benzene rings is 1. The van der Waals surface area contributed by atoms with Crippen molar-refractivity contribution >= 4 is 29.4 Å². The summed E-state index contributed by atoms with van der Waals surface area (Å²) in [5, 5.41) is 0. The number of rotatable bonds is 2. The van der Waals surface area contributed by atoms with Crippen molar-refractivity contribution in [1.82, 2.24) is 4.90 Å². The molecule has 0 N–H and O–H groups in total. The molecule has 3 amide bonds. The molecule has 1 aromatic rings. The Balaban J connectivity index is 2.30. The third-order valence-corrected chi connectivity index (χ3v) is 4.06. The average Bonchev–Trinajstić information content (AvgIpc) is 2.89. The lowest BCUT2D eigenvalue weighted by Crippen LogP contribution is -2.46. The van der Waals surface area contributed by atoms with Gasteiger partial charge in [-0.2, -0.15) is 0 Å². The van der Waals surface area contributed by atoms with Gasteiger partial charge in [-0.05, 0) is 6.07 Å². The van der Waals surface area contributed by atoms with Crippen LogP contribution in [-0.2, 0) is 29.5 Å². The van der Waals surface area contributed by atoms with Gasteiger partial charge in [-0.3, -0.25) is 24.1 Å². The zero-order chi connectivity index (χ0) is 16.9. The number of likely N-dealkylation sites (N-methyl/N-ethyl adjacent to an activating group) is 2. The van der Waals surface area contributed by atoms with Crippen molar-refractivity contribution in [3.05, 3.63) is 41.5 Å². The number of para-hydroxylation sites is 1. The maximum atomic E-state index is 12.9. The van der Waals surface area contributed by atoms with Crippen LogP contribution in [0.2, 0.25) is 0 Å². The summed E-state index contributed by atoms with van der Waals surface area (Å²) in [6.07, 6.45) is 1.05. The lowest BCUT2D eigenvalue weighted by molar-refractivity contribution is -0.162. The number of hydrogen-bond donors (Lipinski definition) is 0. The topological polar surface area (TPSA) is 84.0 Å². The first kappa shape index (κ1) is 15.0. The monoisotopic (exact) mass is 314 g/mol. The summed E-state index contributed by atoms with van der Waals surface area (Å²) in [5.74, 6) is -2.53. The Morgan fingerprint density at radius 3 is 2.30 bits per heavy atom. The summed E-state index contributed by atoms with van der Waals surface area (Å²) in [4.78, 5) is 51.0. The Hall–Kier alpha value is -2.96. The summed E-state index contributed by atoms with van der Waals surface area (Å²) in [6.45, 7) is 1.15. The van der Waals surface area contributed by atoms with Crippen molar-refractivity contribution in [3.8, 4) is 0 Å². The molecule has 3 rings (SSSR count). The van der Waals surface area contributed by atoms with E-state index in [9.17, 15) is 19.2 Å². The highest BCUT2D eigenvalue weighted by atomic mass is 16.6. The van der Waals surface area contributed by atoms with Gasteiger partial charge in [0.05, 0.1) is 11.3 Å². The highest BCUT2D eigenvalue weighted by molar-refractivity contribution is 6.23. The average molecular weight is 314 g/mol. The van der Waals surface area contributed by atoms with Crippen molar-refractivity contribution < 1.29 is 23.9 Å². The van der Waals surface area contributed by atoms with Crippen LogP contribution in [0, 0.1) is 0 Å². The lowest BCUT2D eigenvalue weighted by Gasteiger charge is -2.28. The number of esters is 1. The van der Waals surface area contributed by atoms with E-state index in [0.717, 1.165) is 17.9 Å². The third-order valence-electron chi connectivity index (χ3n) is 4.06. The van der Waals surface area contributed by atoms with E-state index >= 15 is 0 Å². The number of amides is 3. The minimum atomic E-state index is -1.92. The van der Waals surface area contributed by atoms with Crippen LogP contribution in [-0.4, -0.2) is 42.7 Å². The molecular formula is C16H14N2O5. The van der Waals surface area contributed by atoms with Crippen molar-refractivity contribution in [2.24, 2.45) is 0 Å². The maximum absolute atomic E-state index is 12.9. The molecule has 0 radical (unpaired) electrons. The molecule has 2 aliphatic rings. The molecule has 0 spiro atoms. The van der Waals surface area contributed by atoms with Crippen LogP contribution in [0.4, 0.5) is 5.69 Å². The maximum Gasteiger partial charge on any atom is 0.304 e. The highest BCUT2D eigenvalue weighted by Crippen LogP contribution is 2.48. The zero-order valence-corrected chi connectivity index (χ0v) is 12.8. The van der Waals surface area contributed by atoms with E-state index in [1.807, 2.05) is 0 Å². The zero-order valence-electron chi connectivity index (χ0n) is 12.8. The molecule has 1 atom stereocenters. The van der Waals surface area contributed by atoms with Crippen LogP contribution in [0.25, 0.3) is 0 Å². The number of nitrogens with zero attached hydrogens (tertiary/aromatic N) is 2. The molecule has 0 bridgehead atoms. The van der Waals surface area contributed by atoms with E-state index in [1.54, 1.807) is 24.3 Å². The van der Waals surface area contributed by atoms with Gasteiger partial charge >= 0.3 is 5.97 Å². The minimum absolute atomic E-state index is 0.151. The van der Waals surface area contributed by atoms with Gasteiger partial charge in [-0.1, -0.05) is 18.2 Å². The SMILES string of the molecule is CC(=O)OC1(C2=CC(=O)N(C)C2=O)C(=O)N(C)c2ccccc21. The van der Waals surface area contributed by atoms with E-state index in [4.69, 9.17) is 4.74 Å². The van der Waals surface area contributed by atoms with Crippen LogP contribution in [0.5, 0.6) is 0 Å². The first-order chi connectivity index (χ1) is 10.8. The molecule has 0 saturated carbocycles. The van der Waals surface area contributed by atoms with Crippen LogP contribution in [0.1, 0.15) is 12.5 Å². The number of hydrogen-bond acceptors (Lipinski definition) is 5. The van der Waals surface area contributed by atoms with Gasteiger partial charge in [0.1, 0.15) is 0 Å². The largest absolute Gasteiger partial charge is 0.439 e. The molecule has 2 heterocycles. The van der Waals surface area contributed by atoms with E-state index in [0.29, 0.717) is 11.3 Å². The fourth-order valence-electron chi connectivity index (χ4n) is 2.97. The third kappa shape index (κ3) is 1.82. The quantitative estimate of drug-likeness (QED) is 0.581. The first-order valence-corrected chi connectivity index (χ1v) is 6.92. The Morgan fingerprint density at radius 2 is 1.74 bits per heavy atom. The second kappa shape index (κ2) is 4.77. The van der Waals surface area contributed by atoms with Crippen LogP contribution in [0.3, 0.4) is 0 Å². The highest BCUT2D eigenvalue weighted by Gasteiger charge is 2.59. The molecule has 23 heavy (non-hydrogen) atoms. The predicted octanol–water partition coefficient (Wildman–Crippen LogP) is 0.346. The number of carbonyl (C=O) groups is 4. The fourth-order valence-corrected chi connectivity index (χ4v) is 2.97. The summed E-state index contributed by atoms with van der Waals surface area (Å²) >= 11 is 0. The fraction of sp³-hybridized carbons (Fsp3) is 0.250. The standard InChI is InChI=1S/C16H14N2O5/c1-9(19)23-16(11-8-13(20)18(3)14(11)21)10-6-4-5-7-12(10)17(2)15(16)22/h4-8H,1-3H3.